The monoisotopic (exact) mass is 240 g/mol. The Kier molecular flexibility index (Phi) is 7.14. The second kappa shape index (κ2) is 8.10. The molecule has 17 heavy (non-hydrogen) atoms. The molecule has 0 aromatic heterocycles. The van der Waals surface area contributed by atoms with Gasteiger partial charge >= 0.3 is 0 Å². The van der Waals surface area contributed by atoms with Crippen LogP contribution in [0.1, 0.15) is 59.8 Å². The van der Waals surface area contributed by atoms with E-state index in [9.17, 15) is 0 Å². The lowest BCUT2D eigenvalue weighted by Crippen LogP contribution is -2.49. The van der Waals surface area contributed by atoms with E-state index in [4.69, 9.17) is 0 Å². The van der Waals surface area contributed by atoms with E-state index in [1.165, 1.54) is 45.2 Å². The van der Waals surface area contributed by atoms with Crippen LogP contribution in [-0.2, 0) is 0 Å². The number of rotatable bonds is 7. The third-order valence-corrected chi connectivity index (χ3v) is 4.38. The second-order valence-electron chi connectivity index (χ2n) is 5.72. The van der Waals surface area contributed by atoms with Gasteiger partial charge in [-0.2, -0.15) is 0 Å². The van der Waals surface area contributed by atoms with Gasteiger partial charge in [-0.05, 0) is 58.2 Å². The maximum atomic E-state index is 3.56. The van der Waals surface area contributed by atoms with E-state index in [1.807, 2.05) is 0 Å². The van der Waals surface area contributed by atoms with Crippen LogP contribution in [0.3, 0.4) is 0 Å². The Morgan fingerprint density at radius 2 is 2.00 bits per heavy atom. The molecule has 2 heteroatoms. The number of nitrogens with zero attached hydrogens (tertiary/aromatic N) is 1. The topological polar surface area (TPSA) is 15.3 Å². The minimum absolute atomic E-state index is 0.726. The zero-order chi connectivity index (χ0) is 12.7. The quantitative estimate of drug-likeness (QED) is 0.687. The Labute approximate surface area is 108 Å². The van der Waals surface area contributed by atoms with E-state index in [0.29, 0.717) is 0 Å². The lowest BCUT2D eigenvalue weighted by atomic mass is 9.93. The van der Waals surface area contributed by atoms with Crippen LogP contribution in [-0.4, -0.2) is 36.6 Å². The van der Waals surface area contributed by atoms with Crippen molar-refractivity contribution in [2.45, 2.75) is 71.9 Å². The molecule has 1 heterocycles. The van der Waals surface area contributed by atoms with Gasteiger partial charge in [-0.15, -0.1) is 0 Å². The molecule has 102 valence electrons. The zero-order valence-corrected chi connectivity index (χ0v) is 12.3. The smallest absolute Gasteiger partial charge is 0.0108 e. The van der Waals surface area contributed by atoms with E-state index in [-0.39, 0.29) is 0 Å². The van der Waals surface area contributed by atoms with Crippen molar-refractivity contribution in [3.05, 3.63) is 0 Å². The van der Waals surface area contributed by atoms with Crippen molar-refractivity contribution in [1.29, 1.82) is 0 Å². The molecule has 1 N–H and O–H groups in total. The lowest BCUT2D eigenvalue weighted by molar-refractivity contribution is 0.0722. The summed E-state index contributed by atoms with van der Waals surface area (Å²) in [5.74, 6) is 0.758. The maximum Gasteiger partial charge on any atom is 0.0108 e. The van der Waals surface area contributed by atoms with Crippen molar-refractivity contribution >= 4 is 0 Å². The highest BCUT2D eigenvalue weighted by molar-refractivity contribution is 4.83. The minimum atomic E-state index is 0.726. The van der Waals surface area contributed by atoms with Gasteiger partial charge < -0.3 is 5.32 Å². The summed E-state index contributed by atoms with van der Waals surface area (Å²) < 4.78 is 0. The highest BCUT2D eigenvalue weighted by Crippen LogP contribution is 2.24. The Morgan fingerprint density at radius 3 is 2.65 bits per heavy atom. The number of likely N-dealkylation sites (tertiary alicyclic amines) is 1. The third-order valence-electron chi connectivity index (χ3n) is 4.38. The van der Waals surface area contributed by atoms with Gasteiger partial charge in [0.05, 0.1) is 0 Å². The molecule has 0 radical (unpaired) electrons. The molecule has 0 aromatic rings. The van der Waals surface area contributed by atoms with Crippen LogP contribution < -0.4 is 5.32 Å². The molecule has 0 saturated carbocycles. The highest BCUT2D eigenvalue weighted by atomic mass is 15.2. The molecule has 0 aliphatic carbocycles. The Morgan fingerprint density at radius 1 is 1.24 bits per heavy atom. The van der Waals surface area contributed by atoms with Crippen LogP contribution in [0.4, 0.5) is 0 Å². The number of hydrogen-bond donors (Lipinski definition) is 1. The first-order chi connectivity index (χ1) is 8.20. The minimum Gasteiger partial charge on any atom is -0.316 e. The normalized spacial score (nSPS) is 25.8. The summed E-state index contributed by atoms with van der Waals surface area (Å²) in [6.07, 6.45) is 6.80. The van der Waals surface area contributed by atoms with Crippen molar-refractivity contribution in [1.82, 2.24) is 10.2 Å². The van der Waals surface area contributed by atoms with Gasteiger partial charge in [0.2, 0.25) is 0 Å². The van der Waals surface area contributed by atoms with E-state index in [0.717, 1.165) is 24.5 Å². The average molecular weight is 240 g/mol. The molecule has 0 aromatic carbocycles. The largest absolute Gasteiger partial charge is 0.316 e. The molecule has 0 spiro atoms. The van der Waals surface area contributed by atoms with Crippen LogP contribution in [0.5, 0.6) is 0 Å². The number of nitrogens with one attached hydrogen (secondary N) is 1. The first-order valence-electron chi connectivity index (χ1n) is 7.67. The van der Waals surface area contributed by atoms with Crippen LogP contribution in [0, 0.1) is 5.92 Å². The molecule has 1 aliphatic heterocycles. The van der Waals surface area contributed by atoms with Gasteiger partial charge in [0.15, 0.2) is 0 Å². The van der Waals surface area contributed by atoms with Crippen molar-refractivity contribution in [3.63, 3.8) is 0 Å². The Hall–Kier alpha value is -0.0800. The molecule has 1 saturated heterocycles. The summed E-state index contributed by atoms with van der Waals surface area (Å²) in [4.78, 5) is 2.77. The summed E-state index contributed by atoms with van der Waals surface area (Å²) >= 11 is 0. The van der Waals surface area contributed by atoms with Gasteiger partial charge in [0, 0.05) is 12.1 Å². The van der Waals surface area contributed by atoms with Gasteiger partial charge in [-0.3, -0.25) is 4.90 Å². The Bertz CT molecular complexity index is 193. The average Bonchev–Trinajstić information content (AvgIpc) is 2.38. The molecule has 0 amide bonds. The maximum absolute atomic E-state index is 3.56. The fourth-order valence-electron chi connectivity index (χ4n) is 3.00. The van der Waals surface area contributed by atoms with E-state index in [1.54, 1.807) is 0 Å². The van der Waals surface area contributed by atoms with Crippen LogP contribution in [0.25, 0.3) is 0 Å². The fraction of sp³-hybridized carbons (Fsp3) is 1.00. The highest BCUT2D eigenvalue weighted by Gasteiger charge is 2.27. The molecule has 1 rings (SSSR count). The summed E-state index contributed by atoms with van der Waals surface area (Å²) in [7, 11) is 0. The zero-order valence-electron chi connectivity index (χ0n) is 12.3. The molecule has 2 nitrogen and oxygen atoms in total. The lowest BCUT2D eigenvalue weighted by Gasteiger charge is -2.42. The molecule has 1 aliphatic rings. The van der Waals surface area contributed by atoms with Crippen LogP contribution >= 0.6 is 0 Å². The Balaban J connectivity index is 2.39. The van der Waals surface area contributed by atoms with Crippen molar-refractivity contribution in [3.8, 4) is 0 Å². The molecule has 3 unspecified atom stereocenters. The molecule has 3 atom stereocenters. The van der Waals surface area contributed by atoms with Crippen LogP contribution in [0.15, 0.2) is 0 Å². The van der Waals surface area contributed by atoms with Crippen molar-refractivity contribution in [2.24, 2.45) is 5.92 Å². The number of hydrogen-bond acceptors (Lipinski definition) is 2. The predicted molar refractivity (Wildman–Crippen MR) is 76.4 cm³/mol. The second-order valence-corrected chi connectivity index (χ2v) is 5.72. The van der Waals surface area contributed by atoms with Gasteiger partial charge in [-0.1, -0.05) is 27.2 Å². The first kappa shape index (κ1) is 15.0. The molecule has 1 fully saturated rings. The van der Waals surface area contributed by atoms with Crippen LogP contribution in [0.2, 0.25) is 0 Å². The standard InChI is InChI=1S/C15H32N2/c1-5-10-16-12-13(3)14(4)17-11-8-7-9-15(17)6-2/h13-16H,5-12H2,1-4H3. The predicted octanol–water partition coefficient (Wildman–Crippen LogP) is 3.28. The summed E-state index contributed by atoms with van der Waals surface area (Å²) in [5.41, 5.74) is 0. The SMILES string of the molecule is CCCNCC(C)C(C)N1CCCCC1CC. The summed E-state index contributed by atoms with van der Waals surface area (Å²) in [6.45, 7) is 13.0. The summed E-state index contributed by atoms with van der Waals surface area (Å²) in [5, 5.41) is 3.56. The molecule has 0 bridgehead atoms. The fourth-order valence-corrected chi connectivity index (χ4v) is 3.00. The van der Waals surface area contributed by atoms with Gasteiger partial charge in [-0.25, -0.2) is 0 Å². The van der Waals surface area contributed by atoms with Gasteiger partial charge in [0.25, 0.3) is 0 Å². The number of piperidine rings is 1. The summed E-state index contributed by atoms with van der Waals surface area (Å²) in [6, 6.07) is 1.57. The van der Waals surface area contributed by atoms with Gasteiger partial charge in [0.1, 0.15) is 0 Å². The third kappa shape index (κ3) is 4.59. The molecular formula is C15H32N2. The van der Waals surface area contributed by atoms with E-state index in [2.05, 4.69) is 37.9 Å². The first-order valence-corrected chi connectivity index (χ1v) is 7.67. The van der Waals surface area contributed by atoms with Crippen molar-refractivity contribution in [2.75, 3.05) is 19.6 Å². The van der Waals surface area contributed by atoms with Crippen molar-refractivity contribution < 1.29 is 0 Å². The van der Waals surface area contributed by atoms with E-state index >= 15 is 0 Å². The van der Waals surface area contributed by atoms with E-state index < -0.39 is 0 Å². The molecular weight excluding hydrogens is 208 g/mol.